The summed E-state index contributed by atoms with van der Waals surface area (Å²) in [7, 11) is 0. The zero-order valence-corrected chi connectivity index (χ0v) is 19.6. The van der Waals surface area contributed by atoms with E-state index in [2.05, 4.69) is 0 Å². The highest BCUT2D eigenvalue weighted by atomic mass is 32.2. The van der Waals surface area contributed by atoms with Crippen molar-refractivity contribution in [3.8, 4) is 0 Å². The average Bonchev–Trinajstić information content (AvgIpc) is 3.00. The number of benzene rings is 2. The summed E-state index contributed by atoms with van der Waals surface area (Å²) in [6, 6.07) is 19.0. The Morgan fingerprint density at radius 2 is 1.26 bits per heavy atom. The monoisotopic (exact) mass is 457 g/mol. The predicted octanol–water partition coefficient (Wildman–Crippen LogP) is 5.17. The molecule has 0 radical (unpaired) electrons. The normalized spacial score (nSPS) is 13.3. The van der Waals surface area contributed by atoms with Gasteiger partial charge in [-0.3, -0.25) is 19.3 Å². The molecule has 164 valence electrons. The van der Waals surface area contributed by atoms with Crippen LogP contribution in [0.25, 0.3) is 0 Å². The fourth-order valence-corrected chi connectivity index (χ4v) is 4.66. The first-order chi connectivity index (χ1) is 15.1. The summed E-state index contributed by atoms with van der Waals surface area (Å²) in [5.41, 5.74) is 0. The summed E-state index contributed by atoms with van der Waals surface area (Å²) in [6.45, 7) is 6.15. The molecule has 0 saturated carbocycles. The third-order valence-electron chi connectivity index (χ3n) is 4.07. The Balaban J connectivity index is 0.00000166. The van der Waals surface area contributed by atoms with E-state index in [1.807, 2.05) is 74.5 Å². The standard InChI is InChI=1S/C22H21NO4S2.C2H6/c1-16(24)12-14-27-15-13-23-21(25)19(28-17-8-4-2-5-9-17)20(22(23)26)29-18-10-6-3-7-11-18;1-2/h2-11H,12-15H2,1H3;1-2H3. The van der Waals surface area contributed by atoms with Gasteiger partial charge in [-0.25, -0.2) is 0 Å². The number of Topliss-reactive ketones (excluding diaryl/α,β-unsaturated/α-hetero) is 1. The molecule has 0 aromatic heterocycles. The van der Waals surface area contributed by atoms with E-state index >= 15 is 0 Å². The third kappa shape index (κ3) is 7.38. The second-order valence-corrected chi connectivity index (χ2v) is 8.48. The highest BCUT2D eigenvalue weighted by Crippen LogP contribution is 2.42. The minimum Gasteiger partial charge on any atom is -0.379 e. The highest BCUT2D eigenvalue weighted by Gasteiger charge is 2.39. The van der Waals surface area contributed by atoms with E-state index in [4.69, 9.17) is 4.74 Å². The van der Waals surface area contributed by atoms with Gasteiger partial charge in [-0.05, 0) is 31.2 Å². The molecule has 2 aromatic carbocycles. The van der Waals surface area contributed by atoms with Crippen molar-refractivity contribution in [1.82, 2.24) is 4.90 Å². The van der Waals surface area contributed by atoms with Crippen LogP contribution in [-0.4, -0.2) is 42.3 Å². The van der Waals surface area contributed by atoms with Gasteiger partial charge in [-0.2, -0.15) is 0 Å². The molecule has 0 unspecified atom stereocenters. The molecule has 0 spiro atoms. The van der Waals surface area contributed by atoms with E-state index in [0.717, 1.165) is 9.79 Å². The second kappa shape index (κ2) is 13.1. The number of nitrogens with zero attached hydrogens (tertiary/aromatic N) is 1. The molecular formula is C24H27NO4S2. The molecule has 7 heteroatoms. The van der Waals surface area contributed by atoms with Crippen LogP contribution in [0, 0.1) is 0 Å². The topological polar surface area (TPSA) is 63.7 Å². The number of amides is 2. The van der Waals surface area contributed by atoms with Gasteiger partial charge in [0.15, 0.2) is 0 Å². The molecule has 0 bridgehead atoms. The van der Waals surface area contributed by atoms with Gasteiger partial charge in [0.05, 0.1) is 29.6 Å². The van der Waals surface area contributed by atoms with Crippen LogP contribution in [0.4, 0.5) is 0 Å². The molecular weight excluding hydrogens is 430 g/mol. The van der Waals surface area contributed by atoms with Gasteiger partial charge in [0.2, 0.25) is 0 Å². The van der Waals surface area contributed by atoms with Gasteiger partial charge in [0.1, 0.15) is 5.78 Å². The summed E-state index contributed by atoms with van der Waals surface area (Å²) >= 11 is 2.61. The molecule has 0 fully saturated rings. The van der Waals surface area contributed by atoms with Gasteiger partial charge >= 0.3 is 0 Å². The lowest BCUT2D eigenvalue weighted by atomic mass is 10.3. The van der Waals surface area contributed by atoms with Crippen LogP contribution in [0.5, 0.6) is 0 Å². The first kappa shape index (κ1) is 24.9. The predicted molar refractivity (Wildman–Crippen MR) is 126 cm³/mol. The van der Waals surface area contributed by atoms with Crippen molar-refractivity contribution in [3.63, 3.8) is 0 Å². The molecule has 3 rings (SSSR count). The molecule has 1 heterocycles. The Hall–Kier alpha value is -2.35. The van der Waals surface area contributed by atoms with Gasteiger partial charge in [-0.1, -0.05) is 73.8 Å². The van der Waals surface area contributed by atoms with Crippen molar-refractivity contribution in [2.45, 2.75) is 37.0 Å². The second-order valence-electron chi connectivity index (χ2n) is 6.31. The summed E-state index contributed by atoms with van der Waals surface area (Å²) in [5.74, 6) is -0.571. The fraction of sp³-hybridized carbons (Fsp3) is 0.292. The van der Waals surface area contributed by atoms with E-state index in [-0.39, 0.29) is 37.4 Å². The van der Waals surface area contributed by atoms with Crippen LogP contribution < -0.4 is 0 Å². The zero-order valence-electron chi connectivity index (χ0n) is 18.0. The SMILES string of the molecule is CC.CC(=O)CCOCCN1C(=O)C(Sc2ccccc2)=C(Sc2ccccc2)C1=O. The number of hydrogen-bond donors (Lipinski definition) is 0. The Labute approximate surface area is 192 Å². The van der Waals surface area contributed by atoms with E-state index in [1.54, 1.807) is 0 Å². The van der Waals surface area contributed by atoms with Crippen LogP contribution in [-0.2, 0) is 19.1 Å². The zero-order chi connectivity index (χ0) is 22.6. The maximum Gasteiger partial charge on any atom is 0.268 e. The fourth-order valence-electron chi connectivity index (χ4n) is 2.60. The Morgan fingerprint density at radius 1 is 0.806 bits per heavy atom. The average molecular weight is 458 g/mol. The highest BCUT2D eigenvalue weighted by molar-refractivity contribution is 8.08. The molecule has 2 amide bonds. The number of rotatable bonds is 10. The number of ketones is 1. The van der Waals surface area contributed by atoms with Gasteiger partial charge in [-0.15, -0.1) is 0 Å². The maximum absolute atomic E-state index is 13.0. The number of hydrogen-bond acceptors (Lipinski definition) is 6. The van der Waals surface area contributed by atoms with Crippen molar-refractivity contribution in [1.29, 1.82) is 0 Å². The lowest BCUT2D eigenvalue weighted by Gasteiger charge is -2.15. The lowest BCUT2D eigenvalue weighted by Crippen LogP contribution is -2.34. The van der Waals surface area contributed by atoms with E-state index in [1.165, 1.54) is 35.3 Å². The lowest BCUT2D eigenvalue weighted by molar-refractivity contribution is -0.138. The minimum atomic E-state index is -0.308. The van der Waals surface area contributed by atoms with Crippen LogP contribution in [0.3, 0.4) is 0 Å². The summed E-state index contributed by atoms with van der Waals surface area (Å²) < 4.78 is 5.41. The maximum atomic E-state index is 13.0. The number of carbonyl (C=O) groups excluding carboxylic acids is 3. The molecule has 0 atom stereocenters. The van der Waals surface area contributed by atoms with Gasteiger partial charge in [0.25, 0.3) is 11.8 Å². The van der Waals surface area contributed by atoms with Crippen LogP contribution >= 0.6 is 23.5 Å². The van der Waals surface area contributed by atoms with Gasteiger partial charge in [0, 0.05) is 16.2 Å². The molecule has 0 saturated heterocycles. The van der Waals surface area contributed by atoms with Crippen molar-refractivity contribution in [2.24, 2.45) is 0 Å². The quantitative estimate of drug-likeness (QED) is 0.362. The smallest absolute Gasteiger partial charge is 0.268 e. The molecule has 0 aliphatic carbocycles. The van der Waals surface area contributed by atoms with Crippen molar-refractivity contribution >= 4 is 41.1 Å². The Kier molecular flexibility index (Phi) is 10.6. The van der Waals surface area contributed by atoms with Crippen molar-refractivity contribution in [2.75, 3.05) is 19.8 Å². The number of ether oxygens (including phenoxy) is 1. The van der Waals surface area contributed by atoms with Crippen molar-refractivity contribution < 1.29 is 19.1 Å². The molecule has 5 nitrogen and oxygen atoms in total. The Bertz CT molecular complexity index is 850. The largest absolute Gasteiger partial charge is 0.379 e. The van der Waals surface area contributed by atoms with Crippen molar-refractivity contribution in [3.05, 3.63) is 70.5 Å². The Morgan fingerprint density at radius 3 is 1.68 bits per heavy atom. The summed E-state index contributed by atoms with van der Waals surface area (Å²) in [4.78, 5) is 40.9. The van der Waals surface area contributed by atoms with Crippen LogP contribution in [0.15, 0.2) is 80.3 Å². The molecule has 31 heavy (non-hydrogen) atoms. The summed E-state index contributed by atoms with van der Waals surface area (Å²) in [5, 5.41) is 0. The number of imide groups is 1. The minimum absolute atomic E-state index is 0.0445. The van der Waals surface area contributed by atoms with E-state index in [0.29, 0.717) is 16.2 Å². The summed E-state index contributed by atoms with van der Waals surface area (Å²) in [6.07, 6.45) is 0.324. The van der Waals surface area contributed by atoms with E-state index < -0.39 is 0 Å². The first-order valence-electron chi connectivity index (χ1n) is 10.2. The number of carbonyl (C=O) groups is 3. The molecule has 2 aromatic rings. The molecule has 0 N–H and O–H groups in total. The third-order valence-corrected chi connectivity index (χ3v) is 6.38. The van der Waals surface area contributed by atoms with E-state index in [9.17, 15) is 14.4 Å². The molecule has 1 aliphatic heterocycles. The van der Waals surface area contributed by atoms with Crippen LogP contribution in [0.1, 0.15) is 27.2 Å². The van der Waals surface area contributed by atoms with Crippen LogP contribution in [0.2, 0.25) is 0 Å². The number of thioether (sulfide) groups is 2. The molecule has 1 aliphatic rings. The van der Waals surface area contributed by atoms with Gasteiger partial charge < -0.3 is 4.74 Å². The first-order valence-corrected chi connectivity index (χ1v) is 11.8.